The topological polar surface area (TPSA) is 38.3 Å². The van der Waals surface area contributed by atoms with E-state index in [2.05, 4.69) is 12.1 Å². The van der Waals surface area contributed by atoms with Crippen LogP contribution in [0.25, 0.3) is 0 Å². The highest BCUT2D eigenvalue weighted by atomic mass is 19.4. The van der Waals surface area contributed by atoms with Crippen molar-refractivity contribution in [1.82, 2.24) is 5.32 Å². The first-order valence-electron chi connectivity index (χ1n) is 7.56. The minimum atomic E-state index is -4.86. The molecular formula is C18H18F3NO2. The van der Waals surface area contributed by atoms with E-state index in [1.807, 2.05) is 36.4 Å². The Balaban J connectivity index is 1.77. The van der Waals surface area contributed by atoms with Gasteiger partial charge in [-0.05, 0) is 36.1 Å². The summed E-state index contributed by atoms with van der Waals surface area (Å²) < 4.78 is 41.5. The first-order valence-corrected chi connectivity index (χ1v) is 7.56. The molecule has 0 fully saturated rings. The number of carbonyl (C=O) groups is 1. The molecule has 0 aliphatic carbocycles. The van der Waals surface area contributed by atoms with Crippen molar-refractivity contribution in [3.05, 3.63) is 65.7 Å². The average Bonchev–Trinajstić information content (AvgIpc) is 2.57. The van der Waals surface area contributed by atoms with Gasteiger partial charge in [0.2, 0.25) is 0 Å². The zero-order chi connectivity index (χ0) is 17.4. The molecule has 2 aromatic rings. The molecule has 3 nitrogen and oxygen atoms in total. The Morgan fingerprint density at radius 1 is 0.958 bits per heavy atom. The van der Waals surface area contributed by atoms with Crippen molar-refractivity contribution in [3.63, 3.8) is 0 Å². The van der Waals surface area contributed by atoms with Gasteiger partial charge in [-0.25, -0.2) is 0 Å². The molecule has 0 unspecified atom stereocenters. The number of rotatable bonds is 7. The van der Waals surface area contributed by atoms with Gasteiger partial charge in [-0.15, -0.1) is 0 Å². The van der Waals surface area contributed by atoms with Gasteiger partial charge in [-0.1, -0.05) is 42.5 Å². The minimum Gasteiger partial charge on any atom is -0.492 e. The van der Waals surface area contributed by atoms with E-state index in [0.717, 1.165) is 18.4 Å². The van der Waals surface area contributed by atoms with Gasteiger partial charge in [0.1, 0.15) is 12.4 Å². The number of carbonyl (C=O) groups excluding carboxylic acids is 1. The molecule has 128 valence electrons. The van der Waals surface area contributed by atoms with Crippen molar-refractivity contribution in [2.24, 2.45) is 0 Å². The van der Waals surface area contributed by atoms with E-state index in [9.17, 15) is 18.0 Å². The summed E-state index contributed by atoms with van der Waals surface area (Å²) >= 11 is 0. The van der Waals surface area contributed by atoms with Crippen LogP contribution in [-0.2, 0) is 17.6 Å². The normalized spacial score (nSPS) is 11.1. The highest BCUT2D eigenvalue weighted by Crippen LogP contribution is 2.16. The molecule has 0 aliphatic heterocycles. The Hall–Kier alpha value is -2.50. The molecule has 2 aromatic carbocycles. The molecule has 1 amide bonds. The lowest BCUT2D eigenvalue weighted by Gasteiger charge is -2.10. The van der Waals surface area contributed by atoms with Crippen LogP contribution >= 0.6 is 0 Å². The molecule has 0 atom stereocenters. The van der Waals surface area contributed by atoms with E-state index in [1.165, 1.54) is 5.56 Å². The van der Waals surface area contributed by atoms with Crippen molar-refractivity contribution in [2.45, 2.75) is 19.0 Å². The van der Waals surface area contributed by atoms with Crippen molar-refractivity contribution in [2.75, 3.05) is 13.2 Å². The van der Waals surface area contributed by atoms with Crippen LogP contribution in [0.2, 0.25) is 0 Å². The summed E-state index contributed by atoms with van der Waals surface area (Å²) in [5.41, 5.74) is 2.31. The number of amides is 1. The van der Waals surface area contributed by atoms with Crippen molar-refractivity contribution in [3.8, 4) is 5.75 Å². The maximum atomic E-state index is 12.0. The third-order valence-corrected chi connectivity index (χ3v) is 3.36. The van der Waals surface area contributed by atoms with Gasteiger partial charge in [-0.3, -0.25) is 4.79 Å². The summed E-state index contributed by atoms with van der Waals surface area (Å²) in [4.78, 5) is 10.7. The van der Waals surface area contributed by atoms with Crippen LogP contribution in [0, 0.1) is 0 Å². The second kappa shape index (κ2) is 8.38. The first kappa shape index (κ1) is 17.8. The average molecular weight is 337 g/mol. The van der Waals surface area contributed by atoms with Crippen LogP contribution in [0.4, 0.5) is 13.2 Å². The van der Waals surface area contributed by atoms with E-state index in [0.29, 0.717) is 5.75 Å². The van der Waals surface area contributed by atoms with Crippen LogP contribution in [0.1, 0.15) is 11.1 Å². The Morgan fingerprint density at radius 2 is 1.62 bits per heavy atom. The predicted octanol–water partition coefficient (Wildman–Crippen LogP) is 3.53. The highest BCUT2D eigenvalue weighted by Gasteiger charge is 2.38. The van der Waals surface area contributed by atoms with E-state index in [1.54, 1.807) is 11.4 Å². The first-order chi connectivity index (χ1) is 11.4. The zero-order valence-corrected chi connectivity index (χ0v) is 13.0. The third-order valence-electron chi connectivity index (χ3n) is 3.36. The standard InChI is InChI=1S/C18H18F3NO2/c19-18(20,21)17(23)22-11-12-24-16-8-4-7-15(13-16)10-9-14-5-2-1-3-6-14/h1-8,13H,9-12H2,(H,22,23). The Morgan fingerprint density at radius 3 is 2.33 bits per heavy atom. The molecule has 0 saturated carbocycles. The van der Waals surface area contributed by atoms with Gasteiger partial charge < -0.3 is 10.1 Å². The van der Waals surface area contributed by atoms with Crippen LogP contribution in [0.5, 0.6) is 5.75 Å². The van der Waals surface area contributed by atoms with Crippen molar-refractivity contribution in [1.29, 1.82) is 0 Å². The number of alkyl halides is 3. The fourth-order valence-electron chi connectivity index (χ4n) is 2.16. The molecule has 0 spiro atoms. The summed E-state index contributed by atoms with van der Waals surface area (Å²) in [5.74, 6) is -1.38. The fraction of sp³-hybridized carbons (Fsp3) is 0.278. The number of halogens is 3. The van der Waals surface area contributed by atoms with Gasteiger partial charge in [0, 0.05) is 0 Å². The molecule has 6 heteroatoms. The lowest BCUT2D eigenvalue weighted by Crippen LogP contribution is -2.38. The second-order valence-corrected chi connectivity index (χ2v) is 5.24. The monoisotopic (exact) mass is 337 g/mol. The molecule has 2 rings (SSSR count). The number of ether oxygens (including phenoxy) is 1. The van der Waals surface area contributed by atoms with Crippen LogP contribution in [0.3, 0.4) is 0 Å². The molecule has 0 saturated heterocycles. The number of hydrogen-bond donors (Lipinski definition) is 1. The Kier molecular flexibility index (Phi) is 6.23. The lowest BCUT2D eigenvalue weighted by atomic mass is 10.0. The predicted molar refractivity (Wildman–Crippen MR) is 84.9 cm³/mol. The molecule has 1 N–H and O–H groups in total. The number of hydrogen-bond acceptors (Lipinski definition) is 2. The van der Waals surface area contributed by atoms with Gasteiger partial charge in [0.05, 0.1) is 6.54 Å². The van der Waals surface area contributed by atoms with E-state index >= 15 is 0 Å². The summed E-state index contributed by atoms with van der Waals surface area (Å²) in [6.07, 6.45) is -3.13. The van der Waals surface area contributed by atoms with Gasteiger partial charge in [-0.2, -0.15) is 13.2 Å². The zero-order valence-electron chi connectivity index (χ0n) is 13.0. The van der Waals surface area contributed by atoms with E-state index in [4.69, 9.17) is 4.74 Å². The SMILES string of the molecule is O=C(NCCOc1cccc(CCc2ccccc2)c1)C(F)(F)F. The molecular weight excluding hydrogens is 319 g/mol. The molecule has 0 aromatic heterocycles. The van der Waals surface area contributed by atoms with E-state index in [-0.39, 0.29) is 13.2 Å². The summed E-state index contributed by atoms with van der Waals surface area (Å²) in [6, 6.07) is 17.5. The molecule has 0 bridgehead atoms. The van der Waals surface area contributed by atoms with E-state index < -0.39 is 12.1 Å². The summed E-state index contributed by atoms with van der Waals surface area (Å²) in [7, 11) is 0. The van der Waals surface area contributed by atoms with Crippen LogP contribution < -0.4 is 10.1 Å². The smallest absolute Gasteiger partial charge is 0.471 e. The molecule has 0 heterocycles. The third kappa shape index (κ3) is 5.95. The quantitative estimate of drug-likeness (QED) is 0.785. The van der Waals surface area contributed by atoms with Crippen molar-refractivity contribution < 1.29 is 22.7 Å². The lowest BCUT2D eigenvalue weighted by molar-refractivity contribution is -0.173. The molecule has 24 heavy (non-hydrogen) atoms. The fourth-order valence-corrected chi connectivity index (χ4v) is 2.16. The summed E-state index contributed by atoms with van der Waals surface area (Å²) in [5, 5.41) is 1.77. The Bertz CT molecular complexity index is 657. The summed E-state index contributed by atoms with van der Waals surface area (Å²) in [6.45, 7) is -0.226. The molecule has 0 radical (unpaired) electrons. The minimum absolute atomic E-state index is 0.0239. The second-order valence-electron chi connectivity index (χ2n) is 5.24. The number of aryl methyl sites for hydroxylation is 2. The maximum absolute atomic E-state index is 12.0. The van der Waals surface area contributed by atoms with Gasteiger partial charge in [0.15, 0.2) is 0 Å². The Labute approximate surface area is 138 Å². The number of benzene rings is 2. The van der Waals surface area contributed by atoms with Crippen molar-refractivity contribution >= 4 is 5.91 Å². The van der Waals surface area contributed by atoms with Gasteiger partial charge >= 0.3 is 12.1 Å². The largest absolute Gasteiger partial charge is 0.492 e. The maximum Gasteiger partial charge on any atom is 0.471 e. The van der Waals surface area contributed by atoms with Crippen LogP contribution in [0.15, 0.2) is 54.6 Å². The number of nitrogens with one attached hydrogen (secondary N) is 1. The molecule has 0 aliphatic rings. The highest BCUT2D eigenvalue weighted by molar-refractivity contribution is 5.81. The van der Waals surface area contributed by atoms with Crippen LogP contribution in [-0.4, -0.2) is 25.2 Å². The van der Waals surface area contributed by atoms with Gasteiger partial charge in [0.25, 0.3) is 0 Å².